The second kappa shape index (κ2) is 6.98. The van der Waals surface area contributed by atoms with Crippen LogP contribution in [-0.2, 0) is 9.47 Å². The number of anilines is 1. The lowest BCUT2D eigenvalue weighted by atomic mass is 10.1. The third kappa shape index (κ3) is 3.51. The van der Waals surface area contributed by atoms with Gasteiger partial charge in [-0.2, -0.15) is 0 Å². The molecular weight excluding hydrogens is 290 g/mol. The molecule has 0 spiro atoms. The predicted octanol–water partition coefficient (Wildman–Crippen LogP) is 3.12. The number of rotatable bonds is 6. The number of nitrogens with one attached hydrogen (secondary N) is 1. The van der Waals surface area contributed by atoms with Gasteiger partial charge in [0.1, 0.15) is 11.3 Å². The van der Waals surface area contributed by atoms with Crippen LogP contribution >= 0.6 is 0 Å². The SMILES string of the molecule is Fc1cc(F)c2nccc(NCCCOC3CCOC3)c2c1. The maximum atomic E-state index is 13.7. The summed E-state index contributed by atoms with van der Waals surface area (Å²) in [6, 6.07) is 3.85. The molecule has 1 saturated heterocycles. The first-order valence-corrected chi connectivity index (χ1v) is 7.41. The smallest absolute Gasteiger partial charge is 0.152 e. The Morgan fingerprint density at radius 1 is 1.36 bits per heavy atom. The van der Waals surface area contributed by atoms with E-state index in [1.54, 1.807) is 6.07 Å². The van der Waals surface area contributed by atoms with Gasteiger partial charge in [-0.15, -0.1) is 0 Å². The van der Waals surface area contributed by atoms with E-state index in [2.05, 4.69) is 10.3 Å². The monoisotopic (exact) mass is 308 g/mol. The summed E-state index contributed by atoms with van der Waals surface area (Å²) in [5, 5.41) is 3.63. The van der Waals surface area contributed by atoms with Crippen LogP contribution in [0.1, 0.15) is 12.8 Å². The Bertz CT molecular complexity index is 645. The first kappa shape index (κ1) is 15.1. The molecule has 6 heteroatoms. The average molecular weight is 308 g/mol. The van der Waals surface area contributed by atoms with Crippen LogP contribution in [0, 0.1) is 11.6 Å². The number of ether oxygens (including phenoxy) is 2. The molecule has 1 aromatic heterocycles. The largest absolute Gasteiger partial charge is 0.384 e. The molecular formula is C16H18F2N2O2. The molecule has 4 nitrogen and oxygen atoms in total. The van der Waals surface area contributed by atoms with Crippen molar-refractivity contribution < 1.29 is 18.3 Å². The first-order chi connectivity index (χ1) is 10.7. The van der Waals surface area contributed by atoms with Crippen molar-refractivity contribution in [3.05, 3.63) is 36.0 Å². The van der Waals surface area contributed by atoms with Gasteiger partial charge in [0.25, 0.3) is 0 Å². The summed E-state index contributed by atoms with van der Waals surface area (Å²) in [4.78, 5) is 3.96. The average Bonchev–Trinajstić information content (AvgIpc) is 3.00. The molecule has 0 bridgehead atoms. The molecule has 1 unspecified atom stereocenters. The van der Waals surface area contributed by atoms with Crippen LogP contribution in [-0.4, -0.2) is 37.5 Å². The van der Waals surface area contributed by atoms with Gasteiger partial charge in [0, 0.05) is 43.1 Å². The van der Waals surface area contributed by atoms with Crippen LogP contribution in [0.2, 0.25) is 0 Å². The minimum absolute atomic E-state index is 0.172. The van der Waals surface area contributed by atoms with E-state index in [0.717, 1.165) is 25.5 Å². The first-order valence-electron chi connectivity index (χ1n) is 7.41. The molecule has 1 N–H and O–H groups in total. The van der Waals surface area contributed by atoms with Gasteiger partial charge in [0.05, 0.1) is 12.7 Å². The number of fused-ring (bicyclic) bond motifs is 1. The maximum Gasteiger partial charge on any atom is 0.152 e. The van der Waals surface area contributed by atoms with Crippen molar-refractivity contribution in [1.29, 1.82) is 0 Å². The molecule has 118 valence electrons. The molecule has 1 aromatic carbocycles. The second-order valence-electron chi connectivity index (χ2n) is 5.28. The van der Waals surface area contributed by atoms with E-state index in [-0.39, 0.29) is 11.6 Å². The normalized spacial score (nSPS) is 18.0. The van der Waals surface area contributed by atoms with Gasteiger partial charge in [-0.05, 0) is 25.0 Å². The molecule has 0 radical (unpaired) electrons. The van der Waals surface area contributed by atoms with Crippen LogP contribution in [0.25, 0.3) is 10.9 Å². The number of hydrogen-bond donors (Lipinski definition) is 1. The van der Waals surface area contributed by atoms with Crippen LogP contribution in [0.3, 0.4) is 0 Å². The van der Waals surface area contributed by atoms with Crippen LogP contribution in [0.5, 0.6) is 0 Å². The fourth-order valence-electron chi connectivity index (χ4n) is 2.52. The van der Waals surface area contributed by atoms with E-state index in [1.807, 2.05) is 0 Å². The zero-order valence-electron chi connectivity index (χ0n) is 12.1. The van der Waals surface area contributed by atoms with Crippen molar-refractivity contribution in [2.75, 3.05) is 31.7 Å². The summed E-state index contributed by atoms with van der Waals surface area (Å²) in [5.41, 5.74) is 0.846. The van der Waals surface area contributed by atoms with Crippen molar-refractivity contribution in [3.8, 4) is 0 Å². The highest BCUT2D eigenvalue weighted by Gasteiger charge is 2.15. The Morgan fingerprint density at radius 3 is 3.09 bits per heavy atom. The van der Waals surface area contributed by atoms with Gasteiger partial charge in [0.2, 0.25) is 0 Å². The highest BCUT2D eigenvalue weighted by molar-refractivity contribution is 5.91. The van der Waals surface area contributed by atoms with E-state index >= 15 is 0 Å². The van der Waals surface area contributed by atoms with Gasteiger partial charge in [0.15, 0.2) is 5.82 Å². The van der Waals surface area contributed by atoms with Gasteiger partial charge in [-0.3, -0.25) is 4.98 Å². The zero-order chi connectivity index (χ0) is 15.4. The Kier molecular flexibility index (Phi) is 4.80. The van der Waals surface area contributed by atoms with Gasteiger partial charge < -0.3 is 14.8 Å². The number of pyridine rings is 1. The number of benzene rings is 1. The highest BCUT2D eigenvalue weighted by atomic mass is 19.1. The van der Waals surface area contributed by atoms with Crippen molar-refractivity contribution in [2.45, 2.75) is 18.9 Å². The summed E-state index contributed by atoms with van der Waals surface area (Å²) in [6.07, 6.45) is 3.46. The summed E-state index contributed by atoms with van der Waals surface area (Å²) in [7, 11) is 0. The fourth-order valence-corrected chi connectivity index (χ4v) is 2.52. The summed E-state index contributed by atoms with van der Waals surface area (Å²) in [6.45, 7) is 2.72. The van der Waals surface area contributed by atoms with Gasteiger partial charge in [-0.1, -0.05) is 0 Å². The maximum absolute atomic E-state index is 13.7. The topological polar surface area (TPSA) is 43.4 Å². The third-order valence-corrected chi connectivity index (χ3v) is 3.64. The Labute approximate surface area is 127 Å². The molecule has 22 heavy (non-hydrogen) atoms. The fraction of sp³-hybridized carbons (Fsp3) is 0.438. The molecule has 0 saturated carbocycles. The Balaban J connectivity index is 1.57. The summed E-state index contributed by atoms with van der Waals surface area (Å²) in [5.74, 6) is -1.26. The molecule has 2 heterocycles. The van der Waals surface area contributed by atoms with E-state index in [1.165, 1.54) is 12.3 Å². The van der Waals surface area contributed by atoms with Crippen LogP contribution in [0.15, 0.2) is 24.4 Å². The van der Waals surface area contributed by atoms with Crippen molar-refractivity contribution >= 4 is 16.6 Å². The minimum atomic E-state index is -0.650. The van der Waals surface area contributed by atoms with E-state index in [4.69, 9.17) is 9.47 Å². The number of aromatic nitrogens is 1. The van der Waals surface area contributed by atoms with Crippen molar-refractivity contribution in [3.63, 3.8) is 0 Å². The van der Waals surface area contributed by atoms with E-state index in [0.29, 0.717) is 30.8 Å². The van der Waals surface area contributed by atoms with E-state index < -0.39 is 11.6 Å². The molecule has 0 amide bonds. The summed E-state index contributed by atoms with van der Waals surface area (Å²) >= 11 is 0. The lowest BCUT2D eigenvalue weighted by molar-refractivity contribution is 0.0427. The van der Waals surface area contributed by atoms with Gasteiger partial charge in [-0.25, -0.2) is 8.78 Å². The molecule has 1 atom stereocenters. The standard InChI is InChI=1S/C16H18F2N2O2/c17-11-8-13-15(2-5-20-16(13)14(18)9-11)19-4-1-6-22-12-3-7-21-10-12/h2,5,8-9,12H,1,3-4,6-7,10H2,(H,19,20). The Morgan fingerprint density at radius 2 is 2.27 bits per heavy atom. The molecule has 1 aliphatic rings. The molecule has 2 aromatic rings. The van der Waals surface area contributed by atoms with Crippen LogP contribution in [0.4, 0.5) is 14.5 Å². The molecule has 1 aliphatic heterocycles. The molecule has 0 aliphatic carbocycles. The lowest BCUT2D eigenvalue weighted by Crippen LogP contribution is -2.15. The Hall–Kier alpha value is -1.79. The quantitative estimate of drug-likeness (QED) is 0.833. The number of halogens is 2. The predicted molar refractivity (Wildman–Crippen MR) is 79.9 cm³/mol. The molecule has 3 rings (SSSR count). The minimum Gasteiger partial charge on any atom is -0.384 e. The van der Waals surface area contributed by atoms with Gasteiger partial charge >= 0.3 is 0 Å². The lowest BCUT2D eigenvalue weighted by Gasteiger charge is -2.12. The number of nitrogens with zero attached hydrogens (tertiary/aromatic N) is 1. The van der Waals surface area contributed by atoms with E-state index in [9.17, 15) is 8.78 Å². The van der Waals surface area contributed by atoms with Crippen LogP contribution < -0.4 is 5.32 Å². The number of hydrogen-bond acceptors (Lipinski definition) is 4. The van der Waals surface area contributed by atoms with Crippen molar-refractivity contribution in [2.24, 2.45) is 0 Å². The highest BCUT2D eigenvalue weighted by Crippen LogP contribution is 2.24. The summed E-state index contributed by atoms with van der Waals surface area (Å²) < 4.78 is 38.0. The van der Waals surface area contributed by atoms with Crippen molar-refractivity contribution in [1.82, 2.24) is 4.98 Å². The second-order valence-corrected chi connectivity index (χ2v) is 5.28. The zero-order valence-corrected chi connectivity index (χ0v) is 12.1. The molecule has 1 fully saturated rings. The third-order valence-electron chi connectivity index (χ3n) is 3.64.